The molecule has 7 aromatic carbocycles. The third-order valence-electron chi connectivity index (χ3n) is 11.1. The maximum atomic E-state index is 3.67. The third kappa shape index (κ3) is 7.55. The zero-order valence-electron chi connectivity index (χ0n) is 31.3. The highest BCUT2D eigenvalue weighted by molar-refractivity contribution is 9.10. The molecule has 0 heterocycles. The minimum absolute atomic E-state index is 0.340. The van der Waals surface area contributed by atoms with Crippen LogP contribution in [0.1, 0.15) is 68.6 Å². The van der Waals surface area contributed by atoms with Crippen molar-refractivity contribution in [2.75, 3.05) is 9.80 Å². The number of fused-ring (bicyclic) bond motifs is 3. The molecule has 2 nitrogen and oxygen atoms in total. The summed E-state index contributed by atoms with van der Waals surface area (Å²) in [4.78, 5) is 4.79. The summed E-state index contributed by atoms with van der Waals surface area (Å²) in [5, 5.41) is 0. The molecular formula is C51H46Br2N2. The molecule has 0 saturated carbocycles. The molecular weight excluding hydrogens is 800 g/mol. The first-order chi connectivity index (χ1) is 27.1. The lowest BCUT2D eigenvalue weighted by Gasteiger charge is -2.35. The van der Waals surface area contributed by atoms with Crippen molar-refractivity contribution >= 4 is 66.0 Å². The van der Waals surface area contributed by atoms with Crippen molar-refractivity contribution in [1.29, 1.82) is 0 Å². The predicted molar refractivity (Wildman–Crippen MR) is 241 cm³/mol. The van der Waals surface area contributed by atoms with Crippen LogP contribution in [0.5, 0.6) is 0 Å². The fraction of sp³-hybridized carbons (Fsp3) is 0.176. The number of nitrogens with zero attached hydrogens (tertiary/aromatic N) is 2. The van der Waals surface area contributed by atoms with Gasteiger partial charge in [0.2, 0.25) is 0 Å². The summed E-state index contributed by atoms with van der Waals surface area (Å²) in [6, 6.07) is 64.6. The zero-order valence-corrected chi connectivity index (χ0v) is 34.5. The Labute approximate surface area is 343 Å². The minimum atomic E-state index is -0.340. The first-order valence-corrected chi connectivity index (χ1v) is 21.2. The highest BCUT2D eigenvalue weighted by Gasteiger charge is 2.45. The largest absolute Gasteiger partial charge is 0.310 e. The molecule has 0 atom stereocenters. The van der Waals surface area contributed by atoms with E-state index in [1.54, 1.807) is 0 Å². The van der Waals surface area contributed by atoms with E-state index in [-0.39, 0.29) is 5.41 Å². The van der Waals surface area contributed by atoms with Crippen LogP contribution in [0.2, 0.25) is 0 Å². The quantitative estimate of drug-likeness (QED) is 0.101. The maximum Gasteiger partial charge on any atom is 0.0465 e. The molecule has 0 amide bonds. The Hall–Kier alpha value is -4.90. The highest BCUT2D eigenvalue weighted by Crippen LogP contribution is 2.57. The number of para-hydroxylation sites is 2. The van der Waals surface area contributed by atoms with Gasteiger partial charge in [0.1, 0.15) is 0 Å². The number of benzene rings is 7. The molecule has 0 saturated heterocycles. The van der Waals surface area contributed by atoms with Gasteiger partial charge in [0.05, 0.1) is 0 Å². The Morgan fingerprint density at radius 3 is 1.24 bits per heavy atom. The van der Waals surface area contributed by atoms with Gasteiger partial charge in [-0.15, -0.1) is 0 Å². The average Bonchev–Trinajstić information content (AvgIpc) is 3.51. The van der Waals surface area contributed by atoms with Gasteiger partial charge in [-0.3, -0.25) is 0 Å². The van der Waals surface area contributed by atoms with Crippen LogP contribution in [-0.4, -0.2) is 0 Å². The van der Waals surface area contributed by atoms with E-state index in [9.17, 15) is 0 Å². The van der Waals surface area contributed by atoms with E-state index in [1.165, 1.54) is 59.9 Å². The van der Waals surface area contributed by atoms with Crippen LogP contribution in [0, 0.1) is 0 Å². The van der Waals surface area contributed by atoms with E-state index < -0.39 is 0 Å². The molecule has 55 heavy (non-hydrogen) atoms. The number of anilines is 6. The van der Waals surface area contributed by atoms with Crippen molar-refractivity contribution in [3.63, 3.8) is 0 Å². The van der Waals surface area contributed by atoms with E-state index in [4.69, 9.17) is 0 Å². The Kier molecular flexibility index (Phi) is 11.4. The van der Waals surface area contributed by atoms with Crippen LogP contribution < -0.4 is 9.80 Å². The summed E-state index contributed by atoms with van der Waals surface area (Å²) in [6.07, 6.45) is 8.54. The monoisotopic (exact) mass is 844 g/mol. The maximum absolute atomic E-state index is 3.67. The molecule has 1 aliphatic carbocycles. The van der Waals surface area contributed by atoms with Gasteiger partial charge in [0.25, 0.3) is 0 Å². The lowest BCUT2D eigenvalue weighted by Crippen LogP contribution is -2.27. The van der Waals surface area contributed by atoms with Crippen LogP contribution in [0.3, 0.4) is 0 Å². The fourth-order valence-electron chi connectivity index (χ4n) is 8.51. The number of halogens is 2. The van der Waals surface area contributed by atoms with Crippen molar-refractivity contribution in [3.05, 3.63) is 202 Å². The van der Waals surface area contributed by atoms with Crippen molar-refractivity contribution in [2.45, 2.75) is 57.3 Å². The van der Waals surface area contributed by atoms with Gasteiger partial charge in [0.15, 0.2) is 0 Å². The van der Waals surface area contributed by atoms with Crippen molar-refractivity contribution in [1.82, 2.24) is 0 Å². The van der Waals surface area contributed by atoms with Crippen LogP contribution in [0.25, 0.3) is 11.1 Å². The molecule has 4 heteroatoms. The SMILES string of the molecule is CCCCCCCCC1(c2ccccc2)c2cc(N(c3ccccc3)c3ccc(Br)cc3)ccc2-c2ccc(N(c3ccccc3)c3ccc(Br)cc3)cc21. The molecule has 274 valence electrons. The molecule has 0 radical (unpaired) electrons. The second kappa shape index (κ2) is 16.9. The van der Waals surface area contributed by atoms with Crippen molar-refractivity contribution in [2.24, 2.45) is 0 Å². The van der Waals surface area contributed by atoms with Crippen LogP contribution in [0.15, 0.2) is 185 Å². The lowest BCUT2D eigenvalue weighted by atomic mass is 9.69. The topological polar surface area (TPSA) is 6.48 Å². The second-order valence-corrected chi connectivity index (χ2v) is 16.4. The van der Waals surface area contributed by atoms with Gasteiger partial charge < -0.3 is 9.80 Å². The first-order valence-electron chi connectivity index (χ1n) is 19.6. The second-order valence-electron chi connectivity index (χ2n) is 14.5. The van der Waals surface area contributed by atoms with E-state index in [0.29, 0.717) is 0 Å². The van der Waals surface area contributed by atoms with Crippen LogP contribution >= 0.6 is 31.9 Å². The van der Waals surface area contributed by atoms with Crippen molar-refractivity contribution < 1.29 is 0 Å². The molecule has 0 aromatic heterocycles. The lowest BCUT2D eigenvalue weighted by molar-refractivity contribution is 0.506. The Bertz CT molecular complexity index is 2180. The van der Waals surface area contributed by atoms with Gasteiger partial charge in [-0.05, 0) is 131 Å². The average molecular weight is 847 g/mol. The molecule has 0 N–H and O–H groups in total. The Morgan fingerprint density at radius 1 is 0.400 bits per heavy atom. The summed E-state index contributed by atoms with van der Waals surface area (Å²) in [6.45, 7) is 2.30. The fourth-order valence-corrected chi connectivity index (χ4v) is 9.04. The molecule has 0 bridgehead atoms. The standard InChI is InChI=1S/C51H46Br2N2/c1-2-3-4-5-6-16-35-51(38-17-10-7-11-18-38)49-36-45(54(41-19-12-8-13-20-41)43-27-23-39(52)24-28-43)31-33-47(49)48-34-32-46(37-50(48)51)55(42-21-14-9-15-22-42)44-29-25-40(53)26-30-44/h7-15,17-34,36-37H,2-6,16,35H2,1H3. The highest BCUT2D eigenvalue weighted by atomic mass is 79.9. The minimum Gasteiger partial charge on any atom is -0.310 e. The smallest absolute Gasteiger partial charge is 0.0465 e. The summed E-state index contributed by atoms with van der Waals surface area (Å²) in [5.74, 6) is 0. The number of hydrogen-bond donors (Lipinski definition) is 0. The zero-order chi connectivity index (χ0) is 37.6. The van der Waals surface area contributed by atoms with Crippen LogP contribution in [0.4, 0.5) is 34.1 Å². The van der Waals surface area contributed by atoms with E-state index >= 15 is 0 Å². The Morgan fingerprint density at radius 2 is 0.782 bits per heavy atom. The third-order valence-corrected chi connectivity index (χ3v) is 12.2. The molecule has 1 aliphatic rings. The Balaban J connectivity index is 1.34. The molecule has 0 unspecified atom stereocenters. The van der Waals surface area contributed by atoms with Gasteiger partial charge in [-0.25, -0.2) is 0 Å². The first kappa shape index (κ1) is 37.0. The normalized spacial score (nSPS) is 12.6. The number of unbranched alkanes of at least 4 members (excludes halogenated alkanes) is 5. The van der Waals surface area contributed by atoms with Crippen LogP contribution in [-0.2, 0) is 5.41 Å². The van der Waals surface area contributed by atoms with E-state index in [1.807, 2.05) is 0 Å². The van der Waals surface area contributed by atoms with Gasteiger partial charge in [-0.2, -0.15) is 0 Å². The predicted octanol–water partition coefficient (Wildman–Crippen LogP) is 16.2. The van der Waals surface area contributed by atoms with Crippen molar-refractivity contribution in [3.8, 4) is 11.1 Å². The molecule has 0 fully saturated rings. The van der Waals surface area contributed by atoms with Gasteiger partial charge in [0, 0.05) is 48.5 Å². The summed E-state index contributed by atoms with van der Waals surface area (Å²) < 4.78 is 2.14. The number of rotatable bonds is 14. The van der Waals surface area contributed by atoms with Gasteiger partial charge >= 0.3 is 0 Å². The molecule has 0 aliphatic heterocycles. The van der Waals surface area contributed by atoms with E-state index in [0.717, 1.165) is 55.9 Å². The number of hydrogen-bond acceptors (Lipinski definition) is 2. The van der Waals surface area contributed by atoms with Gasteiger partial charge in [-0.1, -0.05) is 156 Å². The molecule has 0 spiro atoms. The molecule has 8 rings (SSSR count). The summed E-state index contributed by atoms with van der Waals surface area (Å²) >= 11 is 7.35. The summed E-state index contributed by atoms with van der Waals surface area (Å²) in [7, 11) is 0. The summed E-state index contributed by atoms with van der Waals surface area (Å²) in [5.41, 5.74) is 13.2. The molecule has 7 aromatic rings. The van der Waals surface area contributed by atoms with E-state index in [2.05, 4.69) is 225 Å².